The maximum absolute atomic E-state index is 8.98. The molecule has 0 atom stereocenters. The van der Waals surface area contributed by atoms with Gasteiger partial charge in [-0.2, -0.15) is 0 Å². The lowest BCUT2D eigenvalue weighted by Crippen LogP contribution is -2.24. The number of rotatable bonds is 1. The van der Waals surface area contributed by atoms with E-state index < -0.39 is 5.69 Å². The number of aliphatic hydroxyl groups is 2. The molecule has 0 spiro atoms. The molecule has 0 saturated heterocycles. The van der Waals surface area contributed by atoms with Crippen molar-refractivity contribution in [3.05, 3.63) is 29.3 Å². The molecule has 1 aromatic rings. The lowest BCUT2D eigenvalue weighted by molar-refractivity contribution is -0.0909. The molecule has 1 rings (SSSR count). The van der Waals surface area contributed by atoms with Crippen molar-refractivity contribution >= 4 is 13.5 Å². The highest BCUT2D eigenvalue weighted by atomic mass is 16.5. The minimum absolute atomic E-state index is 0.186. The van der Waals surface area contributed by atoms with Crippen LogP contribution in [0.2, 0.25) is 0 Å². The van der Waals surface area contributed by atoms with Crippen LogP contribution in [0.25, 0.3) is 0 Å². The summed E-state index contributed by atoms with van der Waals surface area (Å²) in [6.07, 6.45) is 0. The van der Waals surface area contributed by atoms with Crippen molar-refractivity contribution in [2.24, 2.45) is 0 Å². The van der Waals surface area contributed by atoms with E-state index in [4.69, 9.17) is 23.8 Å². The van der Waals surface area contributed by atoms with Crippen molar-refractivity contribution in [2.75, 3.05) is 5.73 Å². The Kier molecular flexibility index (Phi) is 2.13. The van der Waals surface area contributed by atoms with Crippen LogP contribution in [-0.4, -0.2) is 18.1 Å². The van der Waals surface area contributed by atoms with Gasteiger partial charge in [-0.15, -0.1) is 0 Å². The van der Waals surface area contributed by atoms with Crippen LogP contribution in [0.4, 0.5) is 5.69 Å². The van der Waals surface area contributed by atoms with E-state index in [2.05, 4.69) is 0 Å². The maximum atomic E-state index is 8.98. The fourth-order valence-corrected chi connectivity index (χ4v) is 0.869. The van der Waals surface area contributed by atoms with E-state index >= 15 is 0 Å². The van der Waals surface area contributed by atoms with Crippen molar-refractivity contribution in [3.8, 4) is 0 Å². The van der Waals surface area contributed by atoms with Crippen molar-refractivity contribution < 1.29 is 10.2 Å². The molecule has 0 bridgehead atoms. The lowest BCUT2D eigenvalue weighted by atomic mass is 9.87. The largest absolute Gasteiger partial charge is 0.399 e. The van der Waals surface area contributed by atoms with Crippen molar-refractivity contribution in [2.45, 2.75) is 12.6 Å². The normalized spacial score (nSPS) is 11.6. The summed E-state index contributed by atoms with van der Waals surface area (Å²) in [6, 6.07) is 4.64. The van der Waals surface area contributed by atoms with E-state index in [0.717, 1.165) is 5.56 Å². The molecule has 0 aliphatic rings. The summed E-state index contributed by atoms with van der Waals surface area (Å²) in [5.41, 5.74) is 4.79. The lowest BCUT2D eigenvalue weighted by Gasteiger charge is -2.17. The average molecular weight is 163 g/mol. The highest BCUT2D eigenvalue weighted by Gasteiger charge is 2.17. The molecule has 4 heteroatoms. The van der Waals surface area contributed by atoms with E-state index in [9.17, 15) is 0 Å². The van der Waals surface area contributed by atoms with Gasteiger partial charge in [0, 0.05) is 11.3 Å². The van der Waals surface area contributed by atoms with E-state index in [1.807, 2.05) is 6.92 Å². The minimum Gasteiger partial charge on any atom is -0.399 e. The first kappa shape index (κ1) is 9.10. The average Bonchev–Trinajstić information content (AvgIpc) is 1.92. The Labute approximate surface area is 72.2 Å². The van der Waals surface area contributed by atoms with E-state index in [1.165, 1.54) is 12.1 Å². The SMILES string of the molecule is [B]C(O)(O)c1ccc(C)c(N)c1. The summed E-state index contributed by atoms with van der Waals surface area (Å²) < 4.78 is 0. The van der Waals surface area contributed by atoms with Crippen LogP contribution in [0.3, 0.4) is 0 Å². The van der Waals surface area contributed by atoms with Gasteiger partial charge in [-0.25, -0.2) is 0 Å². The van der Waals surface area contributed by atoms with Crippen LogP contribution in [0.5, 0.6) is 0 Å². The van der Waals surface area contributed by atoms with E-state index in [-0.39, 0.29) is 5.56 Å². The summed E-state index contributed by atoms with van der Waals surface area (Å²) in [7, 11) is 5.03. The van der Waals surface area contributed by atoms with Crippen LogP contribution in [0, 0.1) is 6.92 Å². The van der Waals surface area contributed by atoms with Gasteiger partial charge in [-0.3, -0.25) is 0 Å². The van der Waals surface area contributed by atoms with Crippen LogP contribution in [-0.2, 0) is 5.69 Å². The smallest absolute Gasteiger partial charge is 0.160 e. The highest BCUT2D eigenvalue weighted by Crippen LogP contribution is 2.19. The highest BCUT2D eigenvalue weighted by molar-refractivity contribution is 6.13. The number of nitrogens with two attached hydrogens (primary N) is 1. The molecule has 0 unspecified atom stereocenters. The molecular weight excluding hydrogens is 153 g/mol. The second kappa shape index (κ2) is 2.81. The fraction of sp³-hybridized carbons (Fsp3) is 0.250. The fourth-order valence-electron chi connectivity index (χ4n) is 0.869. The molecule has 12 heavy (non-hydrogen) atoms. The first-order valence-electron chi connectivity index (χ1n) is 3.51. The maximum Gasteiger partial charge on any atom is 0.160 e. The summed E-state index contributed by atoms with van der Waals surface area (Å²) >= 11 is 0. The summed E-state index contributed by atoms with van der Waals surface area (Å²) in [4.78, 5) is 0. The van der Waals surface area contributed by atoms with Crippen LogP contribution in [0.1, 0.15) is 11.1 Å². The zero-order valence-corrected chi connectivity index (χ0v) is 6.78. The Balaban J connectivity index is 3.14. The molecule has 0 heterocycles. The molecule has 0 saturated carbocycles. The number of benzene rings is 1. The Bertz CT molecular complexity index is 294. The van der Waals surface area contributed by atoms with Gasteiger partial charge >= 0.3 is 0 Å². The molecule has 1 aromatic carbocycles. The topological polar surface area (TPSA) is 66.5 Å². The van der Waals surface area contributed by atoms with Crippen molar-refractivity contribution in [1.29, 1.82) is 0 Å². The Morgan fingerprint density at radius 2 is 2.00 bits per heavy atom. The third-order valence-electron chi connectivity index (χ3n) is 1.70. The monoisotopic (exact) mass is 163 g/mol. The number of aryl methyl sites for hydroxylation is 1. The predicted molar refractivity (Wildman–Crippen MR) is 47.5 cm³/mol. The van der Waals surface area contributed by atoms with E-state index in [1.54, 1.807) is 6.07 Å². The van der Waals surface area contributed by atoms with Gasteiger partial charge < -0.3 is 15.9 Å². The van der Waals surface area contributed by atoms with Gasteiger partial charge in [0.15, 0.2) is 7.85 Å². The molecular formula is C8H10BNO2. The first-order chi connectivity index (χ1) is 5.41. The van der Waals surface area contributed by atoms with Gasteiger partial charge in [-0.05, 0) is 18.6 Å². The van der Waals surface area contributed by atoms with Crippen LogP contribution in [0.15, 0.2) is 18.2 Å². The molecule has 0 aliphatic carbocycles. The molecule has 62 valence electrons. The predicted octanol–water partition coefficient (Wildman–Crippen LogP) is -0.159. The molecule has 2 radical (unpaired) electrons. The summed E-state index contributed by atoms with van der Waals surface area (Å²) in [6.45, 7) is 1.83. The van der Waals surface area contributed by atoms with Gasteiger partial charge in [-0.1, -0.05) is 12.1 Å². The van der Waals surface area contributed by atoms with Gasteiger partial charge in [0.05, 0.1) is 0 Å². The Morgan fingerprint density at radius 3 is 2.42 bits per heavy atom. The number of anilines is 1. The molecule has 0 fully saturated rings. The quantitative estimate of drug-likeness (QED) is 0.306. The standard InChI is InChI=1S/C8H10BNO2/c1-5-2-3-6(4-7(5)10)8(9,11)12/h2-4,11-12H,10H2,1H3. The van der Waals surface area contributed by atoms with Gasteiger partial charge in [0.25, 0.3) is 0 Å². The van der Waals surface area contributed by atoms with Crippen LogP contribution >= 0.6 is 0 Å². The van der Waals surface area contributed by atoms with Gasteiger partial charge in [0.1, 0.15) is 5.69 Å². The second-order valence-corrected chi connectivity index (χ2v) is 2.80. The number of hydrogen-bond donors (Lipinski definition) is 3. The molecule has 0 aromatic heterocycles. The molecule has 4 N–H and O–H groups in total. The summed E-state index contributed by atoms with van der Waals surface area (Å²) in [5, 5.41) is 18.0. The first-order valence-corrected chi connectivity index (χ1v) is 3.51. The zero-order valence-electron chi connectivity index (χ0n) is 6.78. The minimum atomic E-state index is -2.30. The second-order valence-electron chi connectivity index (χ2n) is 2.80. The third-order valence-corrected chi connectivity index (χ3v) is 1.70. The Morgan fingerprint density at radius 1 is 1.42 bits per heavy atom. The third kappa shape index (κ3) is 1.78. The van der Waals surface area contributed by atoms with Crippen molar-refractivity contribution in [3.63, 3.8) is 0 Å². The van der Waals surface area contributed by atoms with E-state index in [0.29, 0.717) is 5.69 Å². The molecule has 0 amide bonds. The molecule has 3 nitrogen and oxygen atoms in total. The van der Waals surface area contributed by atoms with Gasteiger partial charge in [0.2, 0.25) is 0 Å². The van der Waals surface area contributed by atoms with Crippen LogP contribution < -0.4 is 5.73 Å². The molecule has 0 aliphatic heterocycles. The number of nitrogen functional groups attached to an aromatic ring is 1. The Hall–Kier alpha value is -0.995. The number of hydrogen-bond acceptors (Lipinski definition) is 3. The van der Waals surface area contributed by atoms with Crippen molar-refractivity contribution in [1.82, 2.24) is 0 Å². The summed E-state index contributed by atoms with van der Waals surface area (Å²) in [5.74, 6) is 0. The zero-order chi connectivity index (χ0) is 9.35.